The van der Waals surface area contributed by atoms with Crippen LogP contribution in [0.4, 0.5) is 0 Å². The SMILES string of the molecule is CN=C(NCC[N+]12CCC(CC1)C21c2ccccc2CCN2C=CNC21)NCC(OC)OC.I. The summed E-state index contributed by atoms with van der Waals surface area (Å²) in [6.45, 7) is 6.08. The van der Waals surface area contributed by atoms with Crippen LogP contribution in [-0.2, 0) is 21.4 Å². The van der Waals surface area contributed by atoms with Gasteiger partial charge in [0.25, 0.3) is 0 Å². The van der Waals surface area contributed by atoms with E-state index in [1.807, 2.05) is 7.05 Å². The maximum Gasteiger partial charge on any atom is 0.191 e. The lowest BCUT2D eigenvalue weighted by molar-refractivity contribution is -0.964. The maximum absolute atomic E-state index is 5.29. The minimum atomic E-state index is -0.291. The lowest BCUT2D eigenvalue weighted by atomic mass is 9.75. The van der Waals surface area contributed by atoms with Gasteiger partial charge in [-0.15, -0.1) is 24.0 Å². The topological polar surface area (TPSA) is 70.2 Å². The summed E-state index contributed by atoms with van der Waals surface area (Å²) < 4.78 is 11.7. The fraction of sp³-hybridized carbons (Fsp3) is 0.640. The minimum absolute atomic E-state index is 0. The third kappa shape index (κ3) is 3.98. The van der Waals surface area contributed by atoms with Crippen molar-refractivity contribution in [2.24, 2.45) is 10.9 Å². The van der Waals surface area contributed by atoms with Crippen molar-refractivity contribution < 1.29 is 14.0 Å². The van der Waals surface area contributed by atoms with Crippen LogP contribution < -0.4 is 16.0 Å². The average molecular weight is 584 g/mol. The Morgan fingerprint density at radius 2 is 2.00 bits per heavy atom. The number of fused-ring (bicyclic) bond motifs is 2. The Kier molecular flexibility index (Phi) is 7.95. The number of piperidine rings is 1. The molecular weight excluding hydrogens is 543 g/mol. The van der Waals surface area contributed by atoms with Gasteiger partial charge < -0.3 is 34.8 Å². The third-order valence-electron chi connectivity index (χ3n) is 8.59. The Bertz CT molecular complexity index is 899. The van der Waals surface area contributed by atoms with Crippen LogP contribution in [0.3, 0.4) is 0 Å². The van der Waals surface area contributed by atoms with Crippen LogP contribution >= 0.6 is 24.0 Å². The molecule has 2 fully saturated rings. The lowest BCUT2D eigenvalue weighted by Crippen LogP contribution is -2.68. The fourth-order valence-corrected chi connectivity index (χ4v) is 7.20. The van der Waals surface area contributed by atoms with E-state index in [2.05, 4.69) is 62.5 Å². The van der Waals surface area contributed by atoms with E-state index in [-0.39, 0.29) is 35.8 Å². The van der Waals surface area contributed by atoms with Gasteiger partial charge in [-0.3, -0.25) is 4.99 Å². The first kappa shape index (κ1) is 25.5. The molecule has 2 atom stereocenters. The number of benzene rings is 1. The van der Waals surface area contributed by atoms with Gasteiger partial charge in [-0.1, -0.05) is 24.3 Å². The summed E-state index contributed by atoms with van der Waals surface area (Å²) in [5, 5.41) is 10.7. The predicted molar refractivity (Wildman–Crippen MR) is 145 cm³/mol. The van der Waals surface area contributed by atoms with Crippen LogP contribution in [0.2, 0.25) is 0 Å². The van der Waals surface area contributed by atoms with Crippen LogP contribution in [0.5, 0.6) is 0 Å². The number of methoxy groups -OCH3 is 2. The van der Waals surface area contributed by atoms with Gasteiger partial charge in [0.05, 0.1) is 32.7 Å². The van der Waals surface area contributed by atoms with E-state index in [0.717, 1.165) is 36.5 Å². The first-order valence-electron chi connectivity index (χ1n) is 12.3. The van der Waals surface area contributed by atoms with Crippen molar-refractivity contribution in [2.45, 2.75) is 37.3 Å². The third-order valence-corrected chi connectivity index (χ3v) is 8.59. The van der Waals surface area contributed by atoms with Crippen LogP contribution in [0.15, 0.2) is 41.7 Å². The molecule has 0 aliphatic carbocycles. The predicted octanol–water partition coefficient (Wildman–Crippen LogP) is 1.78. The van der Waals surface area contributed by atoms with Gasteiger partial charge in [-0.25, -0.2) is 0 Å². The zero-order valence-corrected chi connectivity index (χ0v) is 23.0. The number of hydrogen-bond acceptors (Lipinski definition) is 5. The van der Waals surface area contributed by atoms with Gasteiger partial charge in [0.15, 0.2) is 24.0 Å². The largest absolute Gasteiger partial charge is 0.365 e. The molecule has 4 aliphatic heterocycles. The van der Waals surface area contributed by atoms with Crippen LogP contribution in [0.25, 0.3) is 0 Å². The normalized spacial score (nSPS) is 31.2. The maximum atomic E-state index is 5.29. The van der Waals surface area contributed by atoms with E-state index < -0.39 is 0 Å². The summed E-state index contributed by atoms with van der Waals surface area (Å²) in [6, 6.07) is 9.26. The van der Waals surface area contributed by atoms with Crippen molar-refractivity contribution in [1.82, 2.24) is 20.9 Å². The molecule has 9 heteroatoms. The van der Waals surface area contributed by atoms with E-state index >= 15 is 0 Å². The molecular formula is C25H40IN6O2+. The highest BCUT2D eigenvalue weighted by atomic mass is 127. The Balaban J connectivity index is 0.00000274. The Morgan fingerprint density at radius 1 is 1.24 bits per heavy atom. The number of rotatable bonds is 7. The molecule has 0 radical (unpaired) electrons. The van der Waals surface area contributed by atoms with Crippen molar-refractivity contribution in [2.75, 3.05) is 60.5 Å². The second kappa shape index (κ2) is 10.6. The van der Waals surface area contributed by atoms with Crippen molar-refractivity contribution in [3.8, 4) is 0 Å². The molecule has 4 heterocycles. The second-order valence-corrected chi connectivity index (χ2v) is 9.73. The number of hydrogen-bond donors (Lipinski definition) is 3. The van der Waals surface area contributed by atoms with E-state index in [9.17, 15) is 0 Å². The summed E-state index contributed by atoms with van der Waals surface area (Å²) in [4.78, 5) is 6.98. The molecule has 0 saturated carbocycles. The highest BCUT2D eigenvalue weighted by Gasteiger charge is 2.71. The molecule has 4 aliphatic rings. The monoisotopic (exact) mass is 583 g/mol. The standard InChI is InChI=1S/C25H39N6O2.HI/c1-26-24(29-18-22(32-2)33-3)28-12-17-31-15-9-20(10-16-31)25(31)21-7-5-4-6-19(21)8-13-30-14-11-27-23(25)30;/h4-7,11,14,20,22-23,27H,8-10,12-13,15-18H2,1-3H3,(H2,26,28,29);1H/q+1;. The number of nitrogens with one attached hydrogen (secondary N) is 3. The molecule has 2 saturated heterocycles. The van der Waals surface area contributed by atoms with Crippen molar-refractivity contribution in [1.29, 1.82) is 0 Å². The molecule has 1 aromatic rings. The van der Waals surface area contributed by atoms with E-state index in [4.69, 9.17) is 9.47 Å². The number of quaternary nitrogens is 1. The molecule has 5 rings (SSSR count). The summed E-state index contributed by atoms with van der Waals surface area (Å²) in [7, 11) is 5.12. The fourth-order valence-electron chi connectivity index (χ4n) is 7.20. The molecule has 3 N–H and O–H groups in total. The van der Waals surface area contributed by atoms with Gasteiger partial charge in [0.2, 0.25) is 0 Å². The summed E-state index contributed by atoms with van der Waals surface area (Å²) in [5.41, 5.74) is 3.21. The van der Waals surface area contributed by atoms with E-state index in [0.29, 0.717) is 18.6 Å². The highest BCUT2D eigenvalue weighted by Crippen LogP contribution is 2.59. The molecule has 8 nitrogen and oxygen atoms in total. The molecule has 2 unspecified atom stereocenters. The van der Waals surface area contributed by atoms with Crippen molar-refractivity contribution in [3.05, 3.63) is 47.8 Å². The Morgan fingerprint density at radius 3 is 2.74 bits per heavy atom. The molecule has 2 bridgehead atoms. The Labute approximate surface area is 220 Å². The summed E-state index contributed by atoms with van der Waals surface area (Å²) in [5.74, 6) is 1.50. The lowest BCUT2D eigenvalue weighted by Gasteiger charge is -2.51. The second-order valence-electron chi connectivity index (χ2n) is 9.73. The summed E-state index contributed by atoms with van der Waals surface area (Å²) in [6.07, 6.45) is 8.20. The highest BCUT2D eigenvalue weighted by molar-refractivity contribution is 14.0. The zero-order chi connectivity index (χ0) is 22.9. The first-order chi connectivity index (χ1) is 16.2. The molecule has 0 amide bonds. The molecule has 0 aromatic heterocycles. The van der Waals surface area contributed by atoms with Crippen molar-refractivity contribution >= 4 is 29.9 Å². The minimum Gasteiger partial charge on any atom is -0.365 e. The van der Waals surface area contributed by atoms with Crippen LogP contribution in [-0.4, -0.2) is 88.3 Å². The smallest absolute Gasteiger partial charge is 0.191 e. The quantitative estimate of drug-likeness (QED) is 0.150. The number of halogens is 1. The number of guanidine groups is 1. The van der Waals surface area contributed by atoms with Gasteiger partial charge in [-0.2, -0.15) is 0 Å². The average Bonchev–Trinajstić information content (AvgIpc) is 3.50. The van der Waals surface area contributed by atoms with Gasteiger partial charge in [0, 0.05) is 64.5 Å². The van der Waals surface area contributed by atoms with Gasteiger partial charge in [0.1, 0.15) is 0 Å². The van der Waals surface area contributed by atoms with Gasteiger partial charge >= 0.3 is 0 Å². The zero-order valence-electron chi connectivity index (χ0n) is 20.6. The Hall–Kier alpha value is -1.56. The molecule has 1 spiro atoms. The number of ether oxygens (including phenoxy) is 2. The first-order valence-corrected chi connectivity index (χ1v) is 12.3. The van der Waals surface area contributed by atoms with E-state index in [1.165, 1.54) is 31.5 Å². The van der Waals surface area contributed by atoms with E-state index in [1.54, 1.807) is 19.8 Å². The molecule has 1 aromatic carbocycles. The molecule has 188 valence electrons. The van der Waals surface area contributed by atoms with Crippen LogP contribution in [0, 0.1) is 5.92 Å². The summed E-state index contributed by atoms with van der Waals surface area (Å²) >= 11 is 0. The molecule has 34 heavy (non-hydrogen) atoms. The van der Waals surface area contributed by atoms with Gasteiger partial charge in [-0.05, 0) is 12.0 Å². The number of aliphatic imine (C=N–C) groups is 1. The van der Waals surface area contributed by atoms with Crippen molar-refractivity contribution in [3.63, 3.8) is 0 Å². The number of nitrogens with zero attached hydrogens (tertiary/aromatic N) is 3. The van der Waals surface area contributed by atoms with Crippen LogP contribution in [0.1, 0.15) is 24.0 Å².